The second-order valence-electron chi connectivity index (χ2n) is 6.83. The fourth-order valence-corrected chi connectivity index (χ4v) is 5.28. The third-order valence-electron chi connectivity index (χ3n) is 4.62. The molecule has 31 heavy (non-hydrogen) atoms. The van der Waals surface area contributed by atoms with Crippen LogP contribution in [0.3, 0.4) is 0 Å². The molecule has 0 aliphatic carbocycles. The van der Waals surface area contributed by atoms with Gasteiger partial charge in [-0.1, -0.05) is 17.7 Å². The molecule has 1 aliphatic heterocycles. The number of rotatable bonds is 8. The van der Waals surface area contributed by atoms with Crippen molar-refractivity contribution < 1.29 is 27.1 Å². The van der Waals surface area contributed by atoms with Crippen LogP contribution in [0, 0.1) is 0 Å². The van der Waals surface area contributed by atoms with Gasteiger partial charge in [-0.3, -0.25) is 0 Å². The van der Waals surface area contributed by atoms with Gasteiger partial charge in [0, 0.05) is 13.2 Å². The van der Waals surface area contributed by atoms with Crippen LogP contribution in [-0.4, -0.2) is 38.6 Å². The van der Waals surface area contributed by atoms with Crippen molar-refractivity contribution in [2.75, 3.05) is 13.2 Å². The van der Waals surface area contributed by atoms with Crippen LogP contribution < -0.4 is 4.72 Å². The smallest absolute Gasteiger partial charge is 0.338 e. The second kappa shape index (κ2) is 9.49. The number of carbonyl (C=O) groups is 1. The zero-order chi connectivity index (χ0) is 21.8. The van der Waals surface area contributed by atoms with E-state index < -0.39 is 16.0 Å². The van der Waals surface area contributed by atoms with Crippen molar-refractivity contribution >= 4 is 38.9 Å². The lowest BCUT2D eigenvalue weighted by Crippen LogP contribution is -2.32. The van der Waals surface area contributed by atoms with Crippen molar-refractivity contribution in [2.45, 2.75) is 30.4 Å². The summed E-state index contributed by atoms with van der Waals surface area (Å²) >= 11 is 7.56. The second-order valence-corrected chi connectivity index (χ2v) is 9.92. The van der Waals surface area contributed by atoms with Gasteiger partial charge in [-0.25, -0.2) is 22.9 Å². The molecular weight excluding hydrogens is 464 g/mol. The molecule has 164 valence electrons. The van der Waals surface area contributed by atoms with Crippen molar-refractivity contribution in [3.63, 3.8) is 0 Å². The summed E-state index contributed by atoms with van der Waals surface area (Å²) in [5, 5.41) is 1.91. The van der Waals surface area contributed by atoms with Crippen LogP contribution in [-0.2, 0) is 26.1 Å². The Kier molecular flexibility index (Phi) is 6.73. The van der Waals surface area contributed by atoms with E-state index in [1.165, 1.54) is 35.8 Å². The maximum Gasteiger partial charge on any atom is 0.338 e. The van der Waals surface area contributed by atoms with Crippen molar-refractivity contribution in [2.24, 2.45) is 0 Å². The number of esters is 1. The molecule has 1 aliphatic rings. The molecule has 0 amide bonds. The maximum atomic E-state index is 12.7. The molecule has 0 saturated carbocycles. The zero-order valence-electron chi connectivity index (χ0n) is 16.2. The van der Waals surface area contributed by atoms with Crippen molar-refractivity contribution in [3.8, 4) is 10.8 Å². The van der Waals surface area contributed by atoms with Crippen molar-refractivity contribution in [3.05, 3.63) is 58.3 Å². The van der Waals surface area contributed by atoms with E-state index in [0.29, 0.717) is 18.2 Å². The number of halogens is 1. The summed E-state index contributed by atoms with van der Waals surface area (Å²) in [5.41, 5.74) is 0.501. The van der Waals surface area contributed by atoms with E-state index in [1.807, 2.05) is 17.5 Å². The van der Waals surface area contributed by atoms with Gasteiger partial charge in [0.1, 0.15) is 23.5 Å². The lowest BCUT2D eigenvalue weighted by Gasteiger charge is -2.13. The average Bonchev–Trinajstić information content (AvgIpc) is 3.53. The highest BCUT2D eigenvalue weighted by atomic mass is 35.5. The number of thiophene rings is 1. The minimum absolute atomic E-state index is 0.00785. The summed E-state index contributed by atoms with van der Waals surface area (Å²) in [4.78, 5) is 17.4. The van der Waals surface area contributed by atoms with E-state index in [2.05, 4.69) is 9.71 Å². The summed E-state index contributed by atoms with van der Waals surface area (Å²) in [6, 6.07) is 7.70. The molecule has 1 N–H and O–H groups in total. The summed E-state index contributed by atoms with van der Waals surface area (Å²) in [7, 11) is -3.92. The lowest BCUT2D eigenvalue weighted by atomic mass is 10.2. The fourth-order valence-electron chi connectivity index (χ4n) is 3.03. The van der Waals surface area contributed by atoms with E-state index in [4.69, 9.17) is 25.5 Å². The summed E-state index contributed by atoms with van der Waals surface area (Å²) in [5.74, 6) is -0.258. The van der Waals surface area contributed by atoms with E-state index in [0.717, 1.165) is 17.7 Å². The number of hydrogen-bond donors (Lipinski definition) is 1. The fraction of sp³-hybridized carbons (Fsp3) is 0.300. The number of sulfonamides is 1. The Morgan fingerprint density at radius 3 is 2.97 bits per heavy atom. The normalized spacial score (nSPS) is 16.5. The molecule has 0 spiro atoms. The van der Waals surface area contributed by atoms with Gasteiger partial charge in [0.2, 0.25) is 15.9 Å². The van der Waals surface area contributed by atoms with Gasteiger partial charge in [0.25, 0.3) is 0 Å². The molecule has 0 bridgehead atoms. The topological polar surface area (TPSA) is 108 Å². The first kappa shape index (κ1) is 22.0. The predicted molar refractivity (Wildman–Crippen MR) is 115 cm³/mol. The Morgan fingerprint density at radius 1 is 1.35 bits per heavy atom. The number of oxazole rings is 1. The number of hydrogen-bond acceptors (Lipinski definition) is 8. The molecule has 0 radical (unpaired) electrons. The molecule has 2 aromatic heterocycles. The standard InChI is InChI=1S/C20H19ClN2O6S2/c21-16-6-5-13(9-18(16)31(25,26)22-10-15-3-1-7-27-15)20(24)29-12-14-11-28-19(23-14)17-4-2-8-30-17/h2,4-6,8-9,11,15,22H,1,3,7,10,12H2. The SMILES string of the molecule is O=C(OCc1coc(-c2cccs2)n1)c1ccc(Cl)c(S(=O)(=O)NCC2CCCO2)c1. The minimum atomic E-state index is -3.92. The molecule has 1 aromatic carbocycles. The Bertz CT molecular complexity index is 1150. The highest BCUT2D eigenvalue weighted by Gasteiger charge is 2.24. The van der Waals surface area contributed by atoms with E-state index in [-0.39, 0.29) is 34.7 Å². The van der Waals surface area contributed by atoms with Crippen LogP contribution >= 0.6 is 22.9 Å². The first-order valence-electron chi connectivity index (χ1n) is 9.48. The van der Waals surface area contributed by atoms with Crippen molar-refractivity contribution in [1.82, 2.24) is 9.71 Å². The molecule has 1 fully saturated rings. The highest BCUT2D eigenvalue weighted by molar-refractivity contribution is 7.89. The molecular formula is C20H19ClN2O6S2. The van der Waals surface area contributed by atoms with Crippen LogP contribution in [0.4, 0.5) is 0 Å². The number of nitrogens with zero attached hydrogens (tertiary/aromatic N) is 1. The Labute approximate surface area is 188 Å². The number of nitrogens with one attached hydrogen (secondary N) is 1. The lowest BCUT2D eigenvalue weighted by molar-refractivity contribution is 0.0467. The van der Waals surface area contributed by atoms with Crippen LogP contribution in [0.2, 0.25) is 5.02 Å². The molecule has 11 heteroatoms. The molecule has 8 nitrogen and oxygen atoms in total. The third-order valence-corrected chi connectivity index (χ3v) is 7.38. The van der Waals surface area contributed by atoms with Crippen LogP contribution in [0.15, 0.2) is 51.3 Å². The van der Waals surface area contributed by atoms with Gasteiger partial charge in [-0.2, -0.15) is 0 Å². The highest BCUT2D eigenvalue weighted by Crippen LogP contribution is 2.25. The summed E-state index contributed by atoms with van der Waals surface area (Å²) < 4.78 is 43.9. The van der Waals surface area contributed by atoms with Gasteiger partial charge in [-0.05, 0) is 42.5 Å². The average molecular weight is 483 g/mol. The molecule has 3 heterocycles. The predicted octanol–water partition coefficient (Wildman–Crippen LogP) is 3.87. The maximum absolute atomic E-state index is 12.7. The van der Waals surface area contributed by atoms with Gasteiger partial charge in [0.15, 0.2) is 0 Å². The van der Waals surface area contributed by atoms with E-state index in [1.54, 1.807) is 0 Å². The largest absolute Gasteiger partial charge is 0.455 e. The Hall–Kier alpha value is -2.24. The van der Waals surface area contributed by atoms with Gasteiger partial charge >= 0.3 is 5.97 Å². The molecule has 1 unspecified atom stereocenters. The number of ether oxygens (including phenoxy) is 2. The van der Waals surface area contributed by atoms with Gasteiger partial charge < -0.3 is 13.9 Å². The van der Waals surface area contributed by atoms with Gasteiger partial charge in [0.05, 0.1) is 21.6 Å². The van der Waals surface area contributed by atoms with Crippen molar-refractivity contribution in [1.29, 1.82) is 0 Å². The summed E-state index contributed by atoms with van der Waals surface area (Å²) in [6.07, 6.45) is 2.94. The molecule has 1 saturated heterocycles. The first-order chi connectivity index (χ1) is 14.9. The third kappa shape index (κ3) is 5.34. The molecule has 4 rings (SSSR count). The quantitative estimate of drug-likeness (QED) is 0.485. The first-order valence-corrected chi connectivity index (χ1v) is 12.2. The monoisotopic (exact) mass is 482 g/mol. The number of carbonyl (C=O) groups excluding carboxylic acids is 1. The summed E-state index contributed by atoms with van der Waals surface area (Å²) in [6.45, 7) is 0.649. The number of aromatic nitrogens is 1. The molecule has 3 aromatic rings. The molecule has 1 atom stereocenters. The van der Waals surface area contributed by atoms with E-state index in [9.17, 15) is 13.2 Å². The van der Waals surface area contributed by atoms with Crippen LogP contribution in [0.1, 0.15) is 28.9 Å². The van der Waals surface area contributed by atoms with Crippen LogP contribution in [0.25, 0.3) is 10.8 Å². The Morgan fingerprint density at radius 2 is 2.23 bits per heavy atom. The number of benzene rings is 1. The minimum Gasteiger partial charge on any atom is -0.455 e. The van der Waals surface area contributed by atoms with E-state index >= 15 is 0 Å². The Balaban J connectivity index is 1.41. The van der Waals surface area contributed by atoms with Gasteiger partial charge in [-0.15, -0.1) is 11.3 Å². The van der Waals surface area contributed by atoms with Crippen LogP contribution in [0.5, 0.6) is 0 Å². The zero-order valence-corrected chi connectivity index (χ0v) is 18.6.